The number of imidazole rings is 1. The van der Waals surface area contributed by atoms with E-state index < -0.39 is 11.4 Å². The number of likely N-dealkylation sites (tertiary alicyclic amines) is 1. The molecule has 0 bridgehead atoms. The molecule has 0 radical (unpaired) electrons. The van der Waals surface area contributed by atoms with Gasteiger partial charge in [0.1, 0.15) is 17.2 Å². The zero-order chi connectivity index (χ0) is 22.2. The molecule has 1 fully saturated rings. The summed E-state index contributed by atoms with van der Waals surface area (Å²) in [5.74, 6) is 0.631. The summed E-state index contributed by atoms with van der Waals surface area (Å²) in [5.41, 5.74) is 9.08. The van der Waals surface area contributed by atoms with E-state index in [-0.39, 0.29) is 16.6 Å². The fourth-order valence-corrected chi connectivity index (χ4v) is 4.66. The van der Waals surface area contributed by atoms with E-state index in [0.29, 0.717) is 11.3 Å². The topological polar surface area (TPSA) is 103 Å². The Labute approximate surface area is 184 Å². The van der Waals surface area contributed by atoms with Crippen LogP contribution in [0.1, 0.15) is 18.4 Å². The number of nitrogens with zero attached hydrogens (tertiary/aromatic N) is 2. The number of benzene rings is 2. The summed E-state index contributed by atoms with van der Waals surface area (Å²) in [7, 11) is 2.18. The lowest BCUT2D eigenvalue weighted by atomic mass is 10.1. The maximum Gasteiger partial charge on any atom is 0.261 e. The molecule has 1 aliphatic rings. The van der Waals surface area contributed by atoms with Gasteiger partial charge in [0.05, 0.1) is 27.6 Å². The number of halogens is 1. The van der Waals surface area contributed by atoms with Crippen LogP contribution >= 0.6 is 0 Å². The summed E-state index contributed by atoms with van der Waals surface area (Å²) in [6.07, 6.45) is 2.46. The summed E-state index contributed by atoms with van der Waals surface area (Å²) in [4.78, 5) is 25.5. The van der Waals surface area contributed by atoms with Gasteiger partial charge < -0.3 is 25.9 Å². The fraction of sp³-hybridized carbons (Fsp3) is 0.333. The molecule has 1 aliphatic heterocycles. The minimum absolute atomic E-state index is 0.0837. The molecule has 0 amide bonds. The van der Waals surface area contributed by atoms with Crippen LogP contribution < -0.4 is 16.6 Å². The van der Waals surface area contributed by atoms with Gasteiger partial charge in [-0.05, 0) is 68.7 Å². The molecule has 1 atom stereocenters. The van der Waals surface area contributed by atoms with Crippen molar-refractivity contribution in [3.63, 3.8) is 0 Å². The number of aromatic amines is 2. The Bertz CT molecular complexity index is 1340. The summed E-state index contributed by atoms with van der Waals surface area (Å²) in [6.45, 7) is 4.13. The minimum atomic E-state index is -0.480. The molecule has 32 heavy (non-hydrogen) atoms. The highest BCUT2D eigenvalue weighted by Crippen LogP contribution is 2.30. The number of anilines is 1. The predicted octanol–water partition coefficient (Wildman–Crippen LogP) is 3.22. The van der Waals surface area contributed by atoms with Crippen molar-refractivity contribution in [3.05, 3.63) is 58.1 Å². The molecule has 166 valence electrons. The lowest BCUT2D eigenvalue weighted by molar-refractivity contribution is 0.385. The Morgan fingerprint density at radius 3 is 2.94 bits per heavy atom. The van der Waals surface area contributed by atoms with Gasteiger partial charge >= 0.3 is 0 Å². The van der Waals surface area contributed by atoms with E-state index in [2.05, 4.69) is 32.2 Å². The van der Waals surface area contributed by atoms with Crippen LogP contribution in [0.15, 0.2) is 41.2 Å². The zero-order valence-electron chi connectivity index (χ0n) is 18.0. The maximum atomic E-state index is 14.4. The van der Waals surface area contributed by atoms with Crippen molar-refractivity contribution in [1.29, 1.82) is 0 Å². The highest BCUT2D eigenvalue weighted by atomic mass is 19.1. The third kappa shape index (κ3) is 3.87. The first-order valence-corrected chi connectivity index (χ1v) is 11.0. The lowest BCUT2D eigenvalue weighted by Gasteiger charge is -2.11. The van der Waals surface area contributed by atoms with Crippen molar-refractivity contribution in [3.8, 4) is 11.4 Å². The van der Waals surface area contributed by atoms with Crippen molar-refractivity contribution >= 4 is 27.6 Å². The summed E-state index contributed by atoms with van der Waals surface area (Å²) in [5, 5.41) is 3.72. The Hall–Kier alpha value is -3.23. The number of H-pyrrole nitrogens is 2. The average Bonchev–Trinajstić information content (AvgIpc) is 3.36. The van der Waals surface area contributed by atoms with Gasteiger partial charge in [-0.1, -0.05) is 12.1 Å². The maximum absolute atomic E-state index is 14.4. The second kappa shape index (κ2) is 8.37. The van der Waals surface area contributed by atoms with E-state index in [1.54, 1.807) is 6.07 Å². The highest BCUT2D eigenvalue weighted by Gasteiger charge is 2.19. The number of nitrogens with two attached hydrogens (primary N) is 1. The Balaban J connectivity index is 1.36. The molecular weight excluding hydrogens is 407 g/mol. The number of hydrogen-bond acceptors (Lipinski definition) is 5. The number of rotatable bonds is 6. The average molecular weight is 435 g/mol. The molecule has 3 heterocycles. The summed E-state index contributed by atoms with van der Waals surface area (Å²) in [6, 6.07) is 10.5. The van der Waals surface area contributed by atoms with Crippen molar-refractivity contribution in [2.75, 3.05) is 32.4 Å². The monoisotopic (exact) mass is 434 g/mol. The standard InChI is InChI=1S/C24H27FN6O/c1-31-10-8-14(13-31)7-9-27-12-15-5-6-17-19(11-15)29-23(28-17)21-22(26)20-16(25)3-2-4-18(20)30-24(21)32/h2-6,11,14,27H,7-10,12-13H2,1H3,(H,28,29)(H3,26,30,32). The molecule has 2 aromatic carbocycles. The molecule has 5 rings (SSSR count). The van der Waals surface area contributed by atoms with Crippen molar-refractivity contribution in [2.24, 2.45) is 5.92 Å². The molecule has 1 saturated heterocycles. The number of fused-ring (bicyclic) bond motifs is 2. The van der Waals surface area contributed by atoms with Crippen molar-refractivity contribution < 1.29 is 4.39 Å². The molecule has 0 saturated carbocycles. The molecule has 0 spiro atoms. The molecule has 1 unspecified atom stereocenters. The number of nitrogens with one attached hydrogen (secondary N) is 3. The van der Waals surface area contributed by atoms with E-state index in [1.807, 2.05) is 18.2 Å². The van der Waals surface area contributed by atoms with E-state index in [1.165, 1.54) is 38.1 Å². The quantitative estimate of drug-likeness (QED) is 0.349. The van der Waals surface area contributed by atoms with Crippen LogP contribution in [0.25, 0.3) is 33.3 Å². The van der Waals surface area contributed by atoms with E-state index >= 15 is 0 Å². The van der Waals surface area contributed by atoms with Gasteiger partial charge in [0.2, 0.25) is 0 Å². The lowest BCUT2D eigenvalue weighted by Crippen LogP contribution is -2.19. The van der Waals surface area contributed by atoms with Gasteiger partial charge in [0.15, 0.2) is 0 Å². The second-order valence-electron chi connectivity index (χ2n) is 8.72. The summed E-state index contributed by atoms with van der Waals surface area (Å²) < 4.78 is 14.4. The molecule has 2 aromatic heterocycles. The van der Waals surface area contributed by atoms with Crippen LogP contribution in [-0.2, 0) is 6.54 Å². The van der Waals surface area contributed by atoms with Gasteiger partial charge in [-0.3, -0.25) is 4.79 Å². The van der Waals surface area contributed by atoms with Crippen molar-refractivity contribution in [1.82, 2.24) is 25.2 Å². The first-order chi connectivity index (χ1) is 15.5. The minimum Gasteiger partial charge on any atom is -0.397 e. The molecule has 7 nitrogen and oxygen atoms in total. The molecule has 8 heteroatoms. The predicted molar refractivity (Wildman–Crippen MR) is 126 cm³/mol. The first-order valence-electron chi connectivity index (χ1n) is 11.0. The van der Waals surface area contributed by atoms with Gasteiger partial charge in [-0.15, -0.1) is 0 Å². The van der Waals surface area contributed by atoms with Crippen LogP contribution in [-0.4, -0.2) is 46.5 Å². The van der Waals surface area contributed by atoms with Crippen LogP contribution in [0.3, 0.4) is 0 Å². The molecule has 5 N–H and O–H groups in total. The van der Waals surface area contributed by atoms with Gasteiger partial charge in [0, 0.05) is 13.1 Å². The SMILES string of the molecule is CN1CCC(CCNCc2ccc3nc(-c4c(N)c5c(F)cccc5[nH]c4=O)[nH]c3c2)C1. The molecular formula is C24H27FN6O. The smallest absolute Gasteiger partial charge is 0.261 e. The third-order valence-electron chi connectivity index (χ3n) is 6.36. The Morgan fingerprint density at radius 2 is 2.12 bits per heavy atom. The van der Waals surface area contributed by atoms with E-state index in [9.17, 15) is 9.18 Å². The summed E-state index contributed by atoms with van der Waals surface area (Å²) >= 11 is 0. The largest absolute Gasteiger partial charge is 0.397 e. The molecule has 4 aromatic rings. The Kier molecular flexibility index (Phi) is 5.40. The fourth-order valence-electron chi connectivity index (χ4n) is 4.66. The van der Waals surface area contributed by atoms with E-state index in [4.69, 9.17) is 5.73 Å². The van der Waals surface area contributed by atoms with Crippen LogP contribution in [0, 0.1) is 11.7 Å². The van der Waals surface area contributed by atoms with E-state index in [0.717, 1.165) is 35.6 Å². The van der Waals surface area contributed by atoms with Gasteiger partial charge in [-0.2, -0.15) is 0 Å². The number of nitrogen functional groups attached to an aromatic ring is 1. The first kappa shape index (κ1) is 20.7. The van der Waals surface area contributed by atoms with Crippen molar-refractivity contribution in [2.45, 2.75) is 19.4 Å². The number of pyridine rings is 1. The zero-order valence-corrected chi connectivity index (χ0v) is 18.0. The Morgan fingerprint density at radius 1 is 1.25 bits per heavy atom. The van der Waals surface area contributed by atoms with Crippen LogP contribution in [0.2, 0.25) is 0 Å². The third-order valence-corrected chi connectivity index (χ3v) is 6.36. The van der Waals surface area contributed by atoms with Crippen LogP contribution in [0.4, 0.5) is 10.1 Å². The normalized spacial score (nSPS) is 17.0. The molecule has 0 aliphatic carbocycles. The number of hydrogen-bond donors (Lipinski definition) is 4. The van der Waals surface area contributed by atoms with Gasteiger partial charge in [-0.25, -0.2) is 9.37 Å². The highest BCUT2D eigenvalue weighted by molar-refractivity contribution is 5.98. The number of aromatic nitrogens is 3. The van der Waals surface area contributed by atoms with Gasteiger partial charge in [0.25, 0.3) is 5.56 Å². The van der Waals surface area contributed by atoms with Crippen LogP contribution in [0.5, 0.6) is 0 Å². The second-order valence-corrected chi connectivity index (χ2v) is 8.72.